The van der Waals surface area contributed by atoms with Crippen LogP contribution in [0.25, 0.3) is 0 Å². The summed E-state index contributed by atoms with van der Waals surface area (Å²) in [4.78, 5) is 12.0. The number of nitrogens with zero attached hydrogens (tertiary/aromatic N) is 1. The van der Waals surface area contributed by atoms with Crippen LogP contribution in [0.15, 0.2) is 42.5 Å². The molecule has 7 heteroatoms. The molecular formula is C19H23FN2O3S. The largest absolute Gasteiger partial charge is 0.326 e. The molecule has 2 aromatic rings. The minimum Gasteiger partial charge on any atom is -0.326 e. The highest BCUT2D eigenvalue weighted by Crippen LogP contribution is 2.25. The van der Waals surface area contributed by atoms with Crippen molar-refractivity contribution in [1.29, 1.82) is 0 Å². The average Bonchev–Trinajstić information content (AvgIpc) is 2.56. The lowest BCUT2D eigenvalue weighted by molar-refractivity contribution is -0.116. The lowest BCUT2D eigenvalue weighted by Crippen LogP contribution is -2.32. The monoisotopic (exact) mass is 378 g/mol. The van der Waals surface area contributed by atoms with E-state index in [2.05, 4.69) is 5.32 Å². The Bertz CT molecular complexity index is 880. The van der Waals surface area contributed by atoms with Crippen LogP contribution < -0.4 is 9.62 Å². The molecule has 0 spiro atoms. The van der Waals surface area contributed by atoms with Gasteiger partial charge in [0.1, 0.15) is 5.82 Å². The summed E-state index contributed by atoms with van der Waals surface area (Å²) in [5.41, 5.74) is 3.04. The number of sulfonamides is 1. The number of carbonyl (C=O) groups is 1. The Morgan fingerprint density at radius 1 is 1.12 bits per heavy atom. The molecule has 5 nitrogen and oxygen atoms in total. The van der Waals surface area contributed by atoms with Gasteiger partial charge in [0.2, 0.25) is 15.9 Å². The second-order valence-electron chi connectivity index (χ2n) is 6.21. The Hall–Kier alpha value is -2.41. The lowest BCUT2D eigenvalue weighted by atomic mass is 10.1. The topological polar surface area (TPSA) is 66.5 Å². The van der Waals surface area contributed by atoms with Gasteiger partial charge in [0.15, 0.2) is 0 Å². The third-order valence-corrected chi connectivity index (χ3v) is 5.32. The molecule has 26 heavy (non-hydrogen) atoms. The number of halogens is 1. The molecule has 1 amide bonds. The third kappa shape index (κ3) is 5.29. The van der Waals surface area contributed by atoms with E-state index in [1.807, 2.05) is 26.0 Å². The maximum Gasteiger partial charge on any atom is 0.232 e. The van der Waals surface area contributed by atoms with Gasteiger partial charge in [-0.05, 0) is 61.7 Å². The predicted octanol–water partition coefficient (Wildman–Crippen LogP) is 3.63. The van der Waals surface area contributed by atoms with Gasteiger partial charge in [0, 0.05) is 18.7 Å². The highest BCUT2D eigenvalue weighted by molar-refractivity contribution is 7.92. The summed E-state index contributed by atoms with van der Waals surface area (Å²) in [5, 5.41) is 2.67. The highest BCUT2D eigenvalue weighted by atomic mass is 32.2. The summed E-state index contributed by atoms with van der Waals surface area (Å²) in [7, 11) is -3.46. The van der Waals surface area contributed by atoms with E-state index in [1.165, 1.54) is 28.6 Å². The first kappa shape index (κ1) is 19.9. The maximum absolute atomic E-state index is 12.9. The number of benzene rings is 2. The van der Waals surface area contributed by atoms with E-state index in [9.17, 15) is 17.6 Å². The number of nitrogens with one attached hydrogen (secondary N) is 1. The number of anilines is 2. The molecule has 0 atom stereocenters. The van der Waals surface area contributed by atoms with Crippen LogP contribution in [-0.2, 0) is 14.8 Å². The molecule has 0 aromatic heterocycles. The number of carbonyl (C=O) groups excluding carboxylic acids is 1. The van der Waals surface area contributed by atoms with Crippen LogP contribution in [0.4, 0.5) is 15.8 Å². The Kier molecular flexibility index (Phi) is 6.37. The summed E-state index contributed by atoms with van der Waals surface area (Å²) in [5.74, 6) is -0.619. The standard InChI is InChI=1S/C19H23FN2O3S/c1-14-6-4-7-18(15(14)2)22(26(3,24)25)13-5-8-19(23)21-17-11-9-16(20)10-12-17/h4,6-7,9-12H,5,8,13H2,1-3H3,(H,21,23). The van der Waals surface area contributed by atoms with E-state index in [-0.39, 0.29) is 24.7 Å². The molecule has 0 bridgehead atoms. The van der Waals surface area contributed by atoms with Crippen molar-refractivity contribution in [3.05, 3.63) is 59.4 Å². The van der Waals surface area contributed by atoms with Crippen LogP contribution in [0, 0.1) is 19.7 Å². The zero-order valence-electron chi connectivity index (χ0n) is 15.1. The number of rotatable bonds is 7. The van der Waals surface area contributed by atoms with E-state index < -0.39 is 10.0 Å². The summed E-state index contributed by atoms with van der Waals surface area (Å²) in [6, 6.07) is 11.0. The highest BCUT2D eigenvalue weighted by Gasteiger charge is 2.19. The Balaban J connectivity index is 2.01. The van der Waals surface area contributed by atoms with Gasteiger partial charge in [-0.3, -0.25) is 9.10 Å². The molecule has 1 N–H and O–H groups in total. The van der Waals surface area contributed by atoms with Crippen LogP contribution in [-0.4, -0.2) is 27.1 Å². The van der Waals surface area contributed by atoms with Gasteiger partial charge < -0.3 is 5.32 Å². The van der Waals surface area contributed by atoms with Crippen LogP contribution in [0.2, 0.25) is 0 Å². The number of hydrogen-bond donors (Lipinski definition) is 1. The first-order valence-corrected chi connectivity index (χ1v) is 10.1. The molecule has 0 heterocycles. The molecule has 0 saturated carbocycles. The van der Waals surface area contributed by atoms with Gasteiger partial charge in [0.25, 0.3) is 0 Å². The number of amides is 1. The summed E-state index contributed by atoms with van der Waals surface area (Å²) < 4.78 is 38.6. The molecule has 140 valence electrons. The van der Waals surface area contributed by atoms with E-state index in [4.69, 9.17) is 0 Å². The van der Waals surface area contributed by atoms with Gasteiger partial charge in [-0.25, -0.2) is 12.8 Å². The SMILES string of the molecule is Cc1cccc(N(CCCC(=O)Nc2ccc(F)cc2)S(C)(=O)=O)c1C. The Labute approximate surface area is 153 Å². The van der Waals surface area contributed by atoms with Crippen molar-refractivity contribution in [1.82, 2.24) is 0 Å². The molecule has 0 unspecified atom stereocenters. The molecule has 2 aromatic carbocycles. The first-order chi connectivity index (χ1) is 12.2. The van der Waals surface area contributed by atoms with Gasteiger partial charge in [-0.2, -0.15) is 0 Å². The quantitative estimate of drug-likeness (QED) is 0.800. The second kappa shape index (κ2) is 8.31. The van der Waals surface area contributed by atoms with Crippen molar-refractivity contribution in [3.63, 3.8) is 0 Å². The summed E-state index contributed by atoms with van der Waals surface area (Å²) in [6.45, 7) is 4.01. The predicted molar refractivity (Wildman–Crippen MR) is 102 cm³/mol. The smallest absolute Gasteiger partial charge is 0.232 e. The second-order valence-corrected chi connectivity index (χ2v) is 8.12. The van der Waals surface area contributed by atoms with Gasteiger partial charge >= 0.3 is 0 Å². The van der Waals surface area contributed by atoms with E-state index in [0.29, 0.717) is 17.8 Å². The molecule has 0 saturated heterocycles. The normalized spacial score (nSPS) is 11.2. The summed E-state index contributed by atoms with van der Waals surface area (Å²) in [6.07, 6.45) is 1.69. The molecule has 0 aliphatic carbocycles. The van der Waals surface area contributed by atoms with Crippen molar-refractivity contribution >= 4 is 27.3 Å². The minimum absolute atomic E-state index is 0.161. The van der Waals surface area contributed by atoms with Crippen LogP contribution in [0.5, 0.6) is 0 Å². The number of hydrogen-bond acceptors (Lipinski definition) is 3. The maximum atomic E-state index is 12.9. The van der Waals surface area contributed by atoms with Crippen molar-refractivity contribution in [2.75, 3.05) is 22.4 Å². The molecule has 0 fully saturated rings. The minimum atomic E-state index is -3.46. The fraction of sp³-hybridized carbons (Fsp3) is 0.316. The van der Waals surface area contributed by atoms with Gasteiger partial charge in [-0.15, -0.1) is 0 Å². The fourth-order valence-corrected chi connectivity index (χ4v) is 3.63. The zero-order chi connectivity index (χ0) is 19.3. The van der Waals surface area contributed by atoms with Crippen LogP contribution in [0.1, 0.15) is 24.0 Å². The summed E-state index contributed by atoms with van der Waals surface area (Å²) >= 11 is 0. The zero-order valence-corrected chi connectivity index (χ0v) is 15.9. The molecule has 0 aliphatic rings. The van der Waals surface area contributed by atoms with Crippen molar-refractivity contribution in [2.45, 2.75) is 26.7 Å². The van der Waals surface area contributed by atoms with E-state index in [1.54, 1.807) is 6.07 Å². The van der Waals surface area contributed by atoms with E-state index >= 15 is 0 Å². The molecule has 0 aliphatic heterocycles. The van der Waals surface area contributed by atoms with Crippen LogP contribution >= 0.6 is 0 Å². The van der Waals surface area contributed by atoms with Gasteiger partial charge in [-0.1, -0.05) is 12.1 Å². The average molecular weight is 378 g/mol. The Morgan fingerprint density at radius 2 is 1.77 bits per heavy atom. The van der Waals surface area contributed by atoms with Crippen molar-refractivity contribution in [3.8, 4) is 0 Å². The fourth-order valence-electron chi connectivity index (χ4n) is 2.61. The van der Waals surface area contributed by atoms with Crippen molar-refractivity contribution < 1.29 is 17.6 Å². The molecular weight excluding hydrogens is 355 g/mol. The number of aryl methyl sites for hydroxylation is 1. The van der Waals surface area contributed by atoms with Crippen LogP contribution in [0.3, 0.4) is 0 Å². The van der Waals surface area contributed by atoms with Gasteiger partial charge in [0.05, 0.1) is 11.9 Å². The first-order valence-electron chi connectivity index (χ1n) is 8.28. The third-order valence-electron chi connectivity index (χ3n) is 4.14. The molecule has 2 rings (SSSR count). The molecule has 0 radical (unpaired) electrons. The van der Waals surface area contributed by atoms with E-state index in [0.717, 1.165) is 17.4 Å². The Morgan fingerprint density at radius 3 is 2.38 bits per heavy atom. The lowest BCUT2D eigenvalue weighted by Gasteiger charge is -2.24. The van der Waals surface area contributed by atoms with Crippen molar-refractivity contribution in [2.24, 2.45) is 0 Å².